The van der Waals surface area contributed by atoms with Crippen LogP contribution in [0.5, 0.6) is 0 Å². The van der Waals surface area contributed by atoms with Crippen molar-refractivity contribution in [2.45, 2.75) is 40.0 Å². The Kier molecular flexibility index (Phi) is 4.11. The van der Waals surface area contributed by atoms with Crippen molar-refractivity contribution in [3.63, 3.8) is 0 Å². The molecule has 0 atom stereocenters. The summed E-state index contributed by atoms with van der Waals surface area (Å²) >= 11 is 0. The van der Waals surface area contributed by atoms with E-state index in [9.17, 15) is 19.8 Å². The number of carbonyl (C=O) groups is 2. The maximum absolute atomic E-state index is 11.4. The molecular formula is C14H18O4. The molecule has 0 bridgehead atoms. The van der Waals surface area contributed by atoms with Crippen LogP contribution in [0.2, 0.25) is 0 Å². The number of hydrogen-bond acceptors (Lipinski definition) is 2. The van der Waals surface area contributed by atoms with Crippen LogP contribution in [0.15, 0.2) is 6.07 Å². The van der Waals surface area contributed by atoms with Gasteiger partial charge in [0, 0.05) is 0 Å². The summed E-state index contributed by atoms with van der Waals surface area (Å²) in [6.45, 7) is 7.29. The van der Waals surface area contributed by atoms with Crippen LogP contribution < -0.4 is 0 Å². The van der Waals surface area contributed by atoms with Crippen LogP contribution in [0.1, 0.15) is 64.1 Å². The molecule has 0 aliphatic carbocycles. The highest BCUT2D eigenvalue weighted by atomic mass is 16.4. The van der Waals surface area contributed by atoms with Crippen molar-refractivity contribution >= 4 is 11.9 Å². The van der Waals surface area contributed by atoms with Gasteiger partial charge in [-0.3, -0.25) is 0 Å². The molecule has 0 unspecified atom stereocenters. The monoisotopic (exact) mass is 250 g/mol. The van der Waals surface area contributed by atoms with Crippen molar-refractivity contribution in [2.24, 2.45) is 0 Å². The lowest BCUT2D eigenvalue weighted by atomic mass is 9.86. The number of carboxylic acids is 2. The van der Waals surface area contributed by atoms with Crippen LogP contribution in [0.3, 0.4) is 0 Å². The maximum Gasteiger partial charge on any atom is 0.336 e. The Labute approximate surface area is 106 Å². The van der Waals surface area contributed by atoms with Crippen LogP contribution in [0.4, 0.5) is 0 Å². The van der Waals surface area contributed by atoms with Gasteiger partial charge < -0.3 is 10.2 Å². The van der Waals surface area contributed by atoms with Crippen LogP contribution in [-0.2, 0) is 6.42 Å². The second-order valence-corrected chi connectivity index (χ2v) is 4.63. The van der Waals surface area contributed by atoms with Crippen molar-refractivity contribution in [3.8, 4) is 0 Å². The predicted octanol–water partition coefficient (Wildman–Crippen LogP) is 3.08. The van der Waals surface area contributed by atoms with E-state index in [1.54, 1.807) is 19.9 Å². The first-order chi connectivity index (χ1) is 8.31. The average Bonchev–Trinajstić information content (AvgIpc) is 2.25. The summed E-state index contributed by atoms with van der Waals surface area (Å²) in [7, 11) is 0. The highest BCUT2D eigenvalue weighted by molar-refractivity contribution is 5.99. The first-order valence-electron chi connectivity index (χ1n) is 5.94. The Bertz CT molecular complexity index is 501. The van der Waals surface area contributed by atoms with Gasteiger partial charge in [-0.05, 0) is 36.0 Å². The van der Waals surface area contributed by atoms with E-state index in [2.05, 4.69) is 0 Å². The zero-order valence-electron chi connectivity index (χ0n) is 11.1. The van der Waals surface area contributed by atoms with E-state index in [4.69, 9.17) is 0 Å². The normalized spacial score (nSPS) is 10.7. The van der Waals surface area contributed by atoms with Crippen molar-refractivity contribution in [2.75, 3.05) is 0 Å². The smallest absolute Gasteiger partial charge is 0.336 e. The zero-order valence-corrected chi connectivity index (χ0v) is 11.1. The van der Waals surface area contributed by atoms with E-state index < -0.39 is 11.9 Å². The molecule has 0 heterocycles. The van der Waals surface area contributed by atoms with Crippen molar-refractivity contribution in [1.29, 1.82) is 0 Å². The molecule has 0 spiro atoms. The van der Waals surface area contributed by atoms with E-state index >= 15 is 0 Å². The summed E-state index contributed by atoms with van der Waals surface area (Å²) in [6.07, 6.45) is 0.394. The Morgan fingerprint density at radius 3 is 2.00 bits per heavy atom. The third kappa shape index (κ3) is 2.37. The van der Waals surface area contributed by atoms with Gasteiger partial charge in [0.05, 0.1) is 11.1 Å². The van der Waals surface area contributed by atoms with E-state index in [0.717, 1.165) is 0 Å². The third-order valence-electron chi connectivity index (χ3n) is 3.06. The lowest BCUT2D eigenvalue weighted by Gasteiger charge is -2.18. The van der Waals surface area contributed by atoms with E-state index in [0.29, 0.717) is 23.1 Å². The summed E-state index contributed by atoms with van der Waals surface area (Å²) in [4.78, 5) is 22.7. The number of carboxylic acid groups (broad SMARTS) is 2. The summed E-state index contributed by atoms with van der Waals surface area (Å²) in [5.74, 6) is -2.08. The van der Waals surface area contributed by atoms with Crippen LogP contribution >= 0.6 is 0 Å². The molecule has 0 saturated carbocycles. The lowest BCUT2D eigenvalue weighted by molar-refractivity contribution is 0.0694. The summed E-state index contributed by atoms with van der Waals surface area (Å²) in [5.41, 5.74) is 2.00. The molecule has 18 heavy (non-hydrogen) atoms. The van der Waals surface area contributed by atoms with Gasteiger partial charge in [0.25, 0.3) is 0 Å². The maximum atomic E-state index is 11.4. The van der Waals surface area contributed by atoms with Gasteiger partial charge in [-0.25, -0.2) is 9.59 Å². The molecule has 0 aliphatic heterocycles. The van der Waals surface area contributed by atoms with Crippen molar-refractivity contribution in [3.05, 3.63) is 33.9 Å². The second-order valence-electron chi connectivity index (χ2n) is 4.63. The lowest BCUT2D eigenvalue weighted by Crippen LogP contribution is -2.15. The molecule has 0 radical (unpaired) electrons. The fraction of sp³-hybridized carbons (Fsp3) is 0.429. The SMILES string of the molecule is CCc1c(C(=O)O)c(C)cc(C(C)C)c1C(=O)O. The highest BCUT2D eigenvalue weighted by Gasteiger charge is 2.24. The Morgan fingerprint density at radius 1 is 1.17 bits per heavy atom. The first-order valence-corrected chi connectivity index (χ1v) is 5.94. The number of hydrogen-bond donors (Lipinski definition) is 2. The standard InChI is InChI=1S/C14H18O4/c1-5-9-11(13(15)16)8(4)6-10(7(2)3)12(9)14(17)18/h6-7H,5H2,1-4H3,(H,15,16)(H,17,18). The molecule has 0 aliphatic rings. The fourth-order valence-electron chi connectivity index (χ4n) is 2.27. The van der Waals surface area contributed by atoms with Gasteiger partial charge in [-0.15, -0.1) is 0 Å². The molecule has 4 heteroatoms. The largest absolute Gasteiger partial charge is 0.478 e. The van der Waals surface area contributed by atoms with E-state index in [-0.39, 0.29) is 17.0 Å². The molecule has 1 rings (SSSR count). The molecule has 0 aromatic heterocycles. The Morgan fingerprint density at radius 2 is 1.67 bits per heavy atom. The second kappa shape index (κ2) is 5.21. The number of benzene rings is 1. The Hall–Kier alpha value is -1.84. The third-order valence-corrected chi connectivity index (χ3v) is 3.06. The molecule has 0 amide bonds. The van der Waals surface area contributed by atoms with Crippen LogP contribution in [0, 0.1) is 6.92 Å². The quantitative estimate of drug-likeness (QED) is 0.861. The van der Waals surface area contributed by atoms with Gasteiger partial charge in [0.1, 0.15) is 0 Å². The van der Waals surface area contributed by atoms with Gasteiger partial charge in [-0.2, -0.15) is 0 Å². The van der Waals surface area contributed by atoms with Gasteiger partial charge in [0.2, 0.25) is 0 Å². The molecule has 1 aromatic carbocycles. The number of rotatable bonds is 4. The first kappa shape index (κ1) is 14.2. The summed E-state index contributed by atoms with van der Waals surface area (Å²) < 4.78 is 0. The minimum Gasteiger partial charge on any atom is -0.478 e. The fourth-order valence-corrected chi connectivity index (χ4v) is 2.27. The van der Waals surface area contributed by atoms with Gasteiger partial charge in [0.15, 0.2) is 0 Å². The number of aromatic carboxylic acids is 2. The van der Waals surface area contributed by atoms with E-state index in [1.807, 2.05) is 13.8 Å². The van der Waals surface area contributed by atoms with Crippen LogP contribution in [-0.4, -0.2) is 22.2 Å². The highest BCUT2D eigenvalue weighted by Crippen LogP contribution is 2.29. The molecule has 4 nitrogen and oxygen atoms in total. The van der Waals surface area contributed by atoms with Crippen LogP contribution in [0.25, 0.3) is 0 Å². The van der Waals surface area contributed by atoms with Crippen molar-refractivity contribution in [1.82, 2.24) is 0 Å². The topological polar surface area (TPSA) is 74.6 Å². The molecule has 1 aromatic rings. The molecule has 98 valence electrons. The molecule has 2 N–H and O–H groups in total. The summed E-state index contributed by atoms with van der Waals surface area (Å²) in [5, 5.41) is 18.6. The number of aryl methyl sites for hydroxylation is 1. The van der Waals surface area contributed by atoms with Gasteiger partial charge in [-0.1, -0.05) is 26.8 Å². The molecule has 0 fully saturated rings. The average molecular weight is 250 g/mol. The summed E-state index contributed by atoms with van der Waals surface area (Å²) in [6, 6.07) is 1.68. The minimum atomic E-state index is -1.07. The minimum absolute atomic E-state index is 0.0444. The molecule has 0 saturated heterocycles. The molecular weight excluding hydrogens is 232 g/mol. The van der Waals surface area contributed by atoms with Gasteiger partial charge >= 0.3 is 11.9 Å². The Balaban J connectivity index is 3.77. The predicted molar refractivity (Wildman–Crippen MR) is 68.6 cm³/mol. The van der Waals surface area contributed by atoms with Crippen molar-refractivity contribution < 1.29 is 19.8 Å². The van der Waals surface area contributed by atoms with E-state index in [1.165, 1.54) is 0 Å². The zero-order chi connectivity index (χ0) is 14.0.